The van der Waals surface area contributed by atoms with Gasteiger partial charge in [-0.3, -0.25) is 9.69 Å². The van der Waals surface area contributed by atoms with Crippen LogP contribution in [0.4, 0.5) is 8.78 Å². The number of ketones is 1. The monoisotopic (exact) mass is 298 g/mol. The molecule has 0 aliphatic heterocycles. The standard InChI is InChI=1S/C16H24F2N2O/c1-12(2)10-20(8-7-19(3)4)11-16(21)14-9-13(17)5-6-15(14)18/h5-6,9,12H,7-8,10-11H2,1-4H3. The Bertz CT molecular complexity index is 475. The van der Waals surface area contributed by atoms with Crippen molar-refractivity contribution < 1.29 is 13.6 Å². The second kappa shape index (κ2) is 8.20. The molecule has 118 valence electrons. The van der Waals surface area contributed by atoms with Gasteiger partial charge in [-0.1, -0.05) is 13.8 Å². The summed E-state index contributed by atoms with van der Waals surface area (Å²) in [6.07, 6.45) is 0. The molecule has 21 heavy (non-hydrogen) atoms. The Hall–Kier alpha value is -1.33. The maximum Gasteiger partial charge on any atom is 0.179 e. The van der Waals surface area contributed by atoms with Crippen molar-refractivity contribution in [2.45, 2.75) is 13.8 Å². The van der Waals surface area contributed by atoms with Crippen LogP contribution >= 0.6 is 0 Å². The lowest BCUT2D eigenvalue weighted by Crippen LogP contribution is -2.38. The minimum Gasteiger partial charge on any atom is -0.308 e. The van der Waals surface area contributed by atoms with Crippen LogP contribution in [0, 0.1) is 17.6 Å². The minimum atomic E-state index is -0.668. The average molecular weight is 298 g/mol. The van der Waals surface area contributed by atoms with Crippen molar-refractivity contribution in [1.82, 2.24) is 9.80 Å². The Morgan fingerprint density at radius 2 is 1.86 bits per heavy atom. The highest BCUT2D eigenvalue weighted by atomic mass is 19.1. The largest absolute Gasteiger partial charge is 0.308 e. The summed E-state index contributed by atoms with van der Waals surface area (Å²) in [5.74, 6) is -1.24. The zero-order valence-electron chi connectivity index (χ0n) is 13.2. The predicted molar refractivity (Wildman–Crippen MR) is 80.5 cm³/mol. The van der Waals surface area contributed by atoms with E-state index in [-0.39, 0.29) is 17.9 Å². The van der Waals surface area contributed by atoms with E-state index in [1.54, 1.807) is 0 Å². The normalized spacial score (nSPS) is 11.7. The van der Waals surface area contributed by atoms with Gasteiger partial charge in [-0.15, -0.1) is 0 Å². The number of nitrogens with zero attached hydrogens (tertiary/aromatic N) is 2. The number of carbonyl (C=O) groups is 1. The quantitative estimate of drug-likeness (QED) is 0.689. The van der Waals surface area contributed by atoms with E-state index in [1.807, 2.05) is 23.9 Å². The second-order valence-electron chi connectivity index (χ2n) is 5.98. The van der Waals surface area contributed by atoms with E-state index in [4.69, 9.17) is 0 Å². The van der Waals surface area contributed by atoms with Gasteiger partial charge in [0.25, 0.3) is 0 Å². The van der Waals surface area contributed by atoms with Gasteiger partial charge < -0.3 is 4.90 Å². The van der Waals surface area contributed by atoms with E-state index in [1.165, 1.54) is 0 Å². The molecule has 5 heteroatoms. The Kier molecular flexibility index (Phi) is 6.92. The maximum atomic E-state index is 13.6. The van der Waals surface area contributed by atoms with Gasteiger partial charge in [-0.2, -0.15) is 0 Å². The number of carbonyl (C=O) groups excluding carboxylic acids is 1. The molecule has 0 heterocycles. The van der Waals surface area contributed by atoms with Crippen LogP contribution in [-0.2, 0) is 0 Å². The Labute approximate surface area is 125 Å². The molecule has 1 rings (SSSR count). The van der Waals surface area contributed by atoms with Gasteiger partial charge in [0.1, 0.15) is 11.6 Å². The van der Waals surface area contributed by atoms with Gasteiger partial charge in [0, 0.05) is 19.6 Å². The van der Waals surface area contributed by atoms with Gasteiger partial charge >= 0.3 is 0 Å². The van der Waals surface area contributed by atoms with Crippen LogP contribution in [0.3, 0.4) is 0 Å². The summed E-state index contributed by atoms with van der Waals surface area (Å²) in [5, 5.41) is 0. The van der Waals surface area contributed by atoms with E-state index in [0.29, 0.717) is 12.5 Å². The minimum absolute atomic E-state index is 0.104. The number of likely N-dealkylation sites (N-methyl/N-ethyl adjacent to an activating group) is 1. The lowest BCUT2D eigenvalue weighted by Gasteiger charge is -2.25. The fourth-order valence-corrected chi connectivity index (χ4v) is 2.09. The summed E-state index contributed by atoms with van der Waals surface area (Å²) >= 11 is 0. The highest BCUT2D eigenvalue weighted by Gasteiger charge is 2.17. The van der Waals surface area contributed by atoms with Crippen molar-refractivity contribution in [2.24, 2.45) is 5.92 Å². The van der Waals surface area contributed by atoms with Gasteiger partial charge in [0.15, 0.2) is 5.78 Å². The molecular formula is C16H24F2N2O. The summed E-state index contributed by atoms with van der Waals surface area (Å²) in [6.45, 7) is 6.51. The Morgan fingerprint density at radius 3 is 2.43 bits per heavy atom. The molecule has 0 aromatic heterocycles. The molecular weight excluding hydrogens is 274 g/mol. The zero-order chi connectivity index (χ0) is 16.0. The third kappa shape index (κ3) is 6.31. The SMILES string of the molecule is CC(C)CN(CCN(C)C)CC(=O)c1cc(F)ccc1F. The van der Waals surface area contributed by atoms with E-state index in [9.17, 15) is 13.6 Å². The maximum absolute atomic E-state index is 13.6. The number of hydrogen-bond acceptors (Lipinski definition) is 3. The molecule has 0 fully saturated rings. The number of hydrogen-bond donors (Lipinski definition) is 0. The molecule has 0 aliphatic rings. The second-order valence-corrected chi connectivity index (χ2v) is 5.98. The first-order chi connectivity index (χ1) is 9.79. The molecule has 3 nitrogen and oxygen atoms in total. The van der Waals surface area contributed by atoms with Crippen LogP contribution in [0.25, 0.3) is 0 Å². The molecule has 0 spiro atoms. The highest BCUT2D eigenvalue weighted by Crippen LogP contribution is 2.12. The molecule has 0 atom stereocenters. The van der Waals surface area contributed by atoms with Gasteiger partial charge in [0.05, 0.1) is 12.1 Å². The summed E-state index contributed by atoms with van der Waals surface area (Å²) in [5.41, 5.74) is -0.173. The topological polar surface area (TPSA) is 23.6 Å². The average Bonchev–Trinajstić information content (AvgIpc) is 2.38. The molecule has 1 aromatic carbocycles. The first-order valence-electron chi connectivity index (χ1n) is 7.15. The van der Waals surface area contributed by atoms with Gasteiger partial charge in [-0.05, 0) is 38.2 Å². The predicted octanol–water partition coefficient (Wildman–Crippen LogP) is 2.67. The number of benzene rings is 1. The molecule has 0 N–H and O–H groups in total. The smallest absolute Gasteiger partial charge is 0.179 e. The van der Waals surface area contributed by atoms with Crippen LogP contribution in [0.1, 0.15) is 24.2 Å². The third-order valence-electron chi connectivity index (χ3n) is 3.08. The van der Waals surface area contributed by atoms with Crippen molar-refractivity contribution in [3.05, 3.63) is 35.4 Å². The molecule has 0 aliphatic carbocycles. The van der Waals surface area contributed by atoms with E-state index in [2.05, 4.69) is 13.8 Å². The van der Waals surface area contributed by atoms with Crippen molar-refractivity contribution in [1.29, 1.82) is 0 Å². The van der Waals surface area contributed by atoms with Gasteiger partial charge in [-0.25, -0.2) is 8.78 Å². The zero-order valence-corrected chi connectivity index (χ0v) is 13.2. The lowest BCUT2D eigenvalue weighted by molar-refractivity contribution is 0.0911. The fourth-order valence-electron chi connectivity index (χ4n) is 2.09. The first-order valence-corrected chi connectivity index (χ1v) is 7.15. The summed E-state index contributed by atoms with van der Waals surface area (Å²) in [4.78, 5) is 16.2. The van der Waals surface area contributed by atoms with Crippen molar-refractivity contribution in [2.75, 3.05) is 40.3 Å². The van der Waals surface area contributed by atoms with Crippen LogP contribution in [-0.4, -0.2) is 55.9 Å². The summed E-state index contributed by atoms with van der Waals surface area (Å²) in [7, 11) is 3.92. The van der Waals surface area contributed by atoms with Crippen LogP contribution in [0.15, 0.2) is 18.2 Å². The van der Waals surface area contributed by atoms with Crippen molar-refractivity contribution in [3.63, 3.8) is 0 Å². The Morgan fingerprint density at radius 1 is 1.19 bits per heavy atom. The number of Topliss-reactive ketones (excluding diaryl/α,β-unsaturated/α-hetero) is 1. The van der Waals surface area contributed by atoms with Gasteiger partial charge in [0.2, 0.25) is 0 Å². The summed E-state index contributed by atoms with van der Waals surface area (Å²) < 4.78 is 26.8. The lowest BCUT2D eigenvalue weighted by atomic mass is 10.1. The molecule has 0 bridgehead atoms. The third-order valence-corrected chi connectivity index (χ3v) is 3.08. The van der Waals surface area contributed by atoms with E-state index >= 15 is 0 Å². The van der Waals surface area contributed by atoms with Crippen LogP contribution < -0.4 is 0 Å². The summed E-state index contributed by atoms with van der Waals surface area (Å²) in [6, 6.07) is 2.98. The van der Waals surface area contributed by atoms with Crippen molar-refractivity contribution >= 4 is 5.78 Å². The molecule has 0 unspecified atom stereocenters. The molecule has 1 aromatic rings. The van der Waals surface area contributed by atoms with Crippen molar-refractivity contribution in [3.8, 4) is 0 Å². The molecule has 0 amide bonds. The molecule has 0 radical (unpaired) electrons. The first kappa shape index (κ1) is 17.7. The van der Waals surface area contributed by atoms with E-state index in [0.717, 1.165) is 31.3 Å². The highest BCUT2D eigenvalue weighted by molar-refractivity contribution is 5.97. The van der Waals surface area contributed by atoms with E-state index < -0.39 is 11.6 Å². The molecule has 0 saturated heterocycles. The number of rotatable bonds is 8. The molecule has 0 saturated carbocycles. The fraction of sp³-hybridized carbons (Fsp3) is 0.562. The van der Waals surface area contributed by atoms with Crippen LogP contribution in [0.5, 0.6) is 0 Å². The van der Waals surface area contributed by atoms with Crippen LogP contribution in [0.2, 0.25) is 0 Å². The Balaban J connectivity index is 2.76. The number of halogens is 2.